The first-order chi connectivity index (χ1) is 9.21. The average Bonchev–Trinajstić information content (AvgIpc) is 2.81. The van der Waals surface area contributed by atoms with Gasteiger partial charge in [-0.2, -0.15) is 0 Å². The predicted octanol–water partition coefficient (Wildman–Crippen LogP) is 3.54. The van der Waals surface area contributed by atoms with E-state index in [0.717, 1.165) is 12.5 Å². The Morgan fingerprint density at radius 3 is 2.45 bits per heavy atom. The molecule has 1 heterocycles. The maximum absolute atomic E-state index is 14.0. The van der Waals surface area contributed by atoms with Crippen LogP contribution >= 0.6 is 0 Å². The van der Waals surface area contributed by atoms with Crippen LogP contribution in [0.5, 0.6) is 0 Å². The third-order valence-corrected chi connectivity index (χ3v) is 4.05. The number of carboxylic acids is 1. The highest BCUT2D eigenvalue weighted by Gasteiger charge is 2.33. The van der Waals surface area contributed by atoms with Crippen LogP contribution in [0.3, 0.4) is 0 Å². The van der Waals surface area contributed by atoms with E-state index in [2.05, 4.69) is 20.8 Å². The molecule has 1 aliphatic heterocycles. The molecule has 20 heavy (non-hydrogen) atoms. The highest BCUT2D eigenvalue weighted by molar-refractivity contribution is 5.88. The number of halogens is 2. The monoisotopic (exact) mass is 283 g/mol. The van der Waals surface area contributed by atoms with E-state index in [1.54, 1.807) is 4.90 Å². The number of nitrogens with zero attached hydrogens (tertiary/aromatic N) is 1. The van der Waals surface area contributed by atoms with Crippen molar-refractivity contribution in [3.63, 3.8) is 0 Å². The van der Waals surface area contributed by atoms with Gasteiger partial charge < -0.3 is 10.0 Å². The van der Waals surface area contributed by atoms with Crippen LogP contribution in [-0.2, 0) is 0 Å². The topological polar surface area (TPSA) is 40.5 Å². The summed E-state index contributed by atoms with van der Waals surface area (Å²) in [5, 5.41) is 8.77. The lowest BCUT2D eigenvalue weighted by Crippen LogP contribution is -2.26. The normalized spacial score (nSPS) is 19.4. The smallest absolute Gasteiger partial charge is 0.338 e. The van der Waals surface area contributed by atoms with Crippen LogP contribution in [0.4, 0.5) is 14.5 Å². The van der Waals surface area contributed by atoms with Crippen molar-refractivity contribution in [1.29, 1.82) is 0 Å². The summed E-state index contributed by atoms with van der Waals surface area (Å²) in [7, 11) is 0. The van der Waals surface area contributed by atoms with Crippen LogP contribution in [0.25, 0.3) is 0 Å². The molecule has 1 aromatic rings. The maximum Gasteiger partial charge on any atom is 0.338 e. The van der Waals surface area contributed by atoms with Crippen molar-refractivity contribution in [3.05, 3.63) is 29.3 Å². The summed E-state index contributed by atoms with van der Waals surface area (Å²) in [4.78, 5) is 12.6. The van der Waals surface area contributed by atoms with Gasteiger partial charge in [0.2, 0.25) is 0 Å². The van der Waals surface area contributed by atoms with Gasteiger partial charge in [0.05, 0.1) is 11.3 Å². The lowest BCUT2D eigenvalue weighted by atomic mass is 9.80. The van der Waals surface area contributed by atoms with Crippen LogP contribution in [-0.4, -0.2) is 24.2 Å². The van der Waals surface area contributed by atoms with Crippen molar-refractivity contribution in [2.75, 3.05) is 18.0 Å². The molecule has 2 rings (SSSR count). The molecule has 0 aromatic heterocycles. The van der Waals surface area contributed by atoms with Gasteiger partial charge in [0.15, 0.2) is 11.6 Å². The number of anilines is 1. The third kappa shape index (κ3) is 2.62. The van der Waals surface area contributed by atoms with E-state index >= 15 is 0 Å². The molecular formula is C15H19F2NO2. The number of aromatic carboxylic acids is 1. The minimum atomic E-state index is -1.46. The molecule has 0 saturated carbocycles. The van der Waals surface area contributed by atoms with E-state index in [-0.39, 0.29) is 11.1 Å². The molecule has 3 nitrogen and oxygen atoms in total. The lowest BCUT2D eigenvalue weighted by molar-refractivity contribution is 0.0690. The van der Waals surface area contributed by atoms with Crippen LogP contribution in [0.15, 0.2) is 12.1 Å². The Bertz CT molecular complexity index is 537. The first kappa shape index (κ1) is 14.8. The summed E-state index contributed by atoms with van der Waals surface area (Å²) in [5.74, 6) is -3.40. The molecule has 0 amide bonds. The number of rotatable bonds is 2. The van der Waals surface area contributed by atoms with Gasteiger partial charge in [0.25, 0.3) is 0 Å². The van der Waals surface area contributed by atoms with Crippen molar-refractivity contribution < 1.29 is 18.7 Å². The summed E-state index contributed by atoms with van der Waals surface area (Å²) < 4.78 is 27.7. The Morgan fingerprint density at radius 2 is 1.95 bits per heavy atom. The largest absolute Gasteiger partial charge is 0.478 e. The number of carboxylic acid groups (broad SMARTS) is 1. The molecule has 0 bridgehead atoms. The Hall–Kier alpha value is -1.65. The Balaban J connectivity index is 2.28. The molecule has 110 valence electrons. The molecule has 1 fully saturated rings. The third-order valence-electron chi connectivity index (χ3n) is 4.05. The minimum Gasteiger partial charge on any atom is -0.478 e. The van der Waals surface area contributed by atoms with Gasteiger partial charge in [-0.1, -0.05) is 20.8 Å². The summed E-state index contributed by atoms with van der Waals surface area (Å²) >= 11 is 0. The highest BCUT2D eigenvalue weighted by Crippen LogP contribution is 2.36. The molecule has 1 aliphatic rings. The molecule has 1 unspecified atom stereocenters. The molecule has 0 radical (unpaired) electrons. The van der Waals surface area contributed by atoms with Crippen LogP contribution in [0.1, 0.15) is 37.6 Å². The van der Waals surface area contributed by atoms with Gasteiger partial charge in [-0.15, -0.1) is 0 Å². The van der Waals surface area contributed by atoms with E-state index in [9.17, 15) is 13.6 Å². The quantitative estimate of drug-likeness (QED) is 0.902. The van der Waals surface area contributed by atoms with E-state index in [1.165, 1.54) is 6.07 Å². The van der Waals surface area contributed by atoms with Crippen molar-refractivity contribution in [3.8, 4) is 0 Å². The second-order valence-corrected chi connectivity index (χ2v) is 6.36. The van der Waals surface area contributed by atoms with E-state index in [0.29, 0.717) is 19.0 Å². The zero-order valence-electron chi connectivity index (χ0n) is 11.9. The zero-order chi connectivity index (χ0) is 15.1. The number of hydrogen-bond acceptors (Lipinski definition) is 2. The van der Waals surface area contributed by atoms with Crippen molar-refractivity contribution in [2.24, 2.45) is 11.3 Å². The molecular weight excluding hydrogens is 264 g/mol. The summed E-state index contributed by atoms with van der Waals surface area (Å²) in [6.45, 7) is 7.71. The maximum atomic E-state index is 14.0. The number of hydrogen-bond donors (Lipinski definition) is 1. The summed E-state index contributed by atoms with van der Waals surface area (Å²) in [6.07, 6.45) is 0.922. The van der Waals surface area contributed by atoms with Gasteiger partial charge >= 0.3 is 5.97 Å². The fourth-order valence-corrected chi connectivity index (χ4v) is 2.63. The van der Waals surface area contributed by atoms with Crippen LogP contribution in [0, 0.1) is 23.0 Å². The standard InChI is InChI=1S/C15H19F2NO2/c1-15(2,3)9-6-7-18(8-9)11-5-4-10(14(19)20)12(16)13(11)17/h4-5,9H,6-8H2,1-3H3,(H,19,20). The average molecular weight is 283 g/mol. The predicted molar refractivity (Wildman–Crippen MR) is 73.1 cm³/mol. The second kappa shape index (κ2) is 5.04. The fraction of sp³-hybridized carbons (Fsp3) is 0.533. The SMILES string of the molecule is CC(C)(C)C1CCN(c2ccc(C(=O)O)c(F)c2F)C1. The van der Waals surface area contributed by atoms with Crippen LogP contribution < -0.4 is 4.90 Å². The molecule has 0 aliphatic carbocycles. The molecule has 1 aromatic carbocycles. The van der Waals surface area contributed by atoms with Gasteiger partial charge in [-0.25, -0.2) is 13.6 Å². The summed E-state index contributed by atoms with van der Waals surface area (Å²) in [5.41, 5.74) is -0.359. The first-order valence-corrected chi connectivity index (χ1v) is 6.68. The van der Waals surface area contributed by atoms with E-state index in [4.69, 9.17) is 5.11 Å². The molecule has 1 saturated heterocycles. The number of carbonyl (C=O) groups is 1. The second-order valence-electron chi connectivity index (χ2n) is 6.36. The highest BCUT2D eigenvalue weighted by atomic mass is 19.2. The first-order valence-electron chi connectivity index (χ1n) is 6.68. The van der Waals surface area contributed by atoms with E-state index in [1.807, 2.05) is 0 Å². The Kier molecular flexibility index (Phi) is 3.71. The fourth-order valence-electron chi connectivity index (χ4n) is 2.63. The number of benzene rings is 1. The van der Waals surface area contributed by atoms with Gasteiger partial charge in [0, 0.05) is 13.1 Å². The van der Waals surface area contributed by atoms with Gasteiger partial charge in [0.1, 0.15) is 0 Å². The van der Waals surface area contributed by atoms with Crippen molar-refractivity contribution in [1.82, 2.24) is 0 Å². The minimum absolute atomic E-state index is 0.116. The van der Waals surface area contributed by atoms with Crippen molar-refractivity contribution >= 4 is 11.7 Å². The van der Waals surface area contributed by atoms with Gasteiger partial charge in [-0.05, 0) is 29.9 Å². The van der Waals surface area contributed by atoms with Crippen molar-refractivity contribution in [2.45, 2.75) is 27.2 Å². The molecule has 1 N–H and O–H groups in total. The zero-order valence-corrected chi connectivity index (χ0v) is 11.9. The lowest BCUT2D eigenvalue weighted by Gasteiger charge is -2.27. The van der Waals surface area contributed by atoms with Gasteiger partial charge in [-0.3, -0.25) is 0 Å². The summed E-state index contributed by atoms with van der Waals surface area (Å²) in [6, 6.07) is 2.48. The Labute approximate surface area is 117 Å². The van der Waals surface area contributed by atoms with Crippen LogP contribution in [0.2, 0.25) is 0 Å². The van der Waals surface area contributed by atoms with E-state index < -0.39 is 23.2 Å². The molecule has 1 atom stereocenters. The molecule has 5 heteroatoms. The Morgan fingerprint density at radius 1 is 1.30 bits per heavy atom. The molecule has 0 spiro atoms.